The largest absolute Gasteiger partial charge is 0.352 e. The monoisotopic (exact) mass is 351 g/mol. The van der Waals surface area contributed by atoms with Crippen molar-refractivity contribution in [1.82, 2.24) is 19.8 Å². The molecule has 1 saturated heterocycles. The molecule has 0 saturated carbocycles. The number of nitrogens with zero attached hydrogens (tertiary/aromatic N) is 5. The molecule has 134 valence electrons. The highest BCUT2D eigenvalue weighted by atomic mass is 16.2. The lowest BCUT2D eigenvalue weighted by molar-refractivity contribution is -0.119. The van der Waals surface area contributed by atoms with Gasteiger partial charge in [0, 0.05) is 45.3 Å². The highest BCUT2D eigenvalue weighted by Crippen LogP contribution is 2.23. The molecule has 26 heavy (non-hydrogen) atoms. The Balaban J connectivity index is 1.49. The van der Waals surface area contributed by atoms with Crippen molar-refractivity contribution in [1.29, 1.82) is 0 Å². The van der Waals surface area contributed by atoms with E-state index in [0.29, 0.717) is 31.9 Å². The molecule has 2 amide bonds. The van der Waals surface area contributed by atoms with Gasteiger partial charge in [-0.3, -0.25) is 9.59 Å². The minimum atomic E-state index is -0.100. The van der Waals surface area contributed by atoms with Gasteiger partial charge in [0.1, 0.15) is 17.8 Å². The van der Waals surface area contributed by atoms with Crippen molar-refractivity contribution in [3.05, 3.63) is 53.5 Å². The molecule has 0 spiro atoms. The van der Waals surface area contributed by atoms with Gasteiger partial charge in [-0.15, -0.1) is 0 Å². The molecule has 0 atom stereocenters. The van der Waals surface area contributed by atoms with Crippen molar-refractivity contribution >= 4 is 18.1 Å². The van der Waals surface area contributed by atoms with Crippen LogP contribution in [0.1, 0.15) is 21.6 Å². The maximum absolute atomic E-state index is 12.7. The van der Waals surface area contributed by atoms with E-state index in [-0.39, 0.29) is 5.91 Å². The first-order chi connectivity index (χ1) is 12.7. The molecule has 2 aliphatic heterocycles. The predicted molar refractivity (Wildman–Crippen MR) is 96.8 cm³/mol. The molecule has 0 radical (unpaired) electrons. The number of carbonyl (C=O) groups excluding carboxylic acids is 2. The summed E-state index contributed by atoms with van der Waals surface area (Å²) in [6.07, 6.45) is 3.26. The smallest absolute Gasteiger partial charge is 0.272 e. The zero-order chi connectivity index (χ0) is 17.9. The van der Waals surface area contributed by atoms with E-state index in [0.717, 1.165) is 31.7 Å². The number of fused-ring (bicyclic) bond motifs is 1. The number of piperazine rings is 1. The van der Waals surface area contributed by atoms with Crippen LogP contribution in [0.25, 0.3) is 0 Å². The summed E-state index contributed by atoms with van der Waals surface area (Å²) in [5.74, 6) is 0.681. The maximum Gasteiger partial charge on any atom is 0.272 e. The molecule has 0 aliphatic carbocycles. The summed E-state index contributed by atoms with van der Waals surface area (Å²) in [7, 11) is 0. The van der Waals surface area contributed by atoms with Gasteiger partial charge in [-0.1, -0.05) is 24.3 Å². The third-order valence-electron chi connectivity index (χ3n) is 5.08. The number of hydrogen-bond donors (Lipinski definition) is 0. The molecule has 0 unspecified atom stereocenters. The zero-order valence-corrected chi connectivity index (χ0v) is 14.5. The second-order valence-electron chi connectivity index (χ2n) is 6.64. The van der Waals surface area contributed by atoms with Crippen LogP contribution >= 0.6 is 0 Å². The molecule has 1 fully saturated rings. The lowest BCUT2D eigenvalue weighted by Crippen LogP contribution is -2.48. The van der Waals surface area contributed by atoms with Crippen molar-refractivity contribution in [2.24, 2.45) is 0 Å². The summed E-state index contributed by atoms with van der Waals surface area (Å²) in [5.41, 5.74) is 3.09. The quantitative estimate of drug-likeness (QED) is 0.770. The van der Waals surface area contributed by atoms with E-state index >= 15 is 0 Å². The summed E-state index contributed by atoms with van der Waals surface area (Å²) in [6, 6.07) is 10.2. The summed E-state index contributed by atoms with van der Waals surface area (Å²) >= 11 is 0. The Hall–Kier alpha value is -2.96. The number of amides is 2. The molecule has 4 rings (SSSR count). The molecule has 0 bridgehead atoms. The Kier molecular flexibility index (Phi) is 4.51. The first kappa shape index (κ1) is 16.5. The molecule has 2 aromatic rings. The molecule has 0 N–H and O–H groups in total. The normalized spacial score (nSPS) is 17.0. The fourth-order valence-corrected chi connectivity index (χ4v) is 3.52. The second kappa shape index (κ2) is 7.11. The summed E-state index contributed by atoms with van der Waals surface area (Å²) in [5, 5.41) is 0. The van der Waals surface area contributed by atoms with Crippen LogP contribution < -0.4 is 4.90 Å². The molecule has 3 heterocycles. The molecular weight excluding hydrogens is 330 g/mol. The van der Waals surface area contributed by atoms with Crippen molar-refractivity contribution in [2.75, 3.05) is 37.6 Å². The van der Waals surface area contributed by atoms with E-state index in [1.165, 1.54) is 17.5 Å². The lowest BCUT2D eigenvalue weighted by atomic mass is 10.00. The molecule has 7 nitrogen and oxygen atoms in total. The molecular formula is C19H21N5O2. The average Bonchev–Trinajstić information content (AvgIpc) is 2.73. The van der Waals surface area contributed by atoms with Crippen molar-refractivity contribution in [3.63, 3.8) is 0 Å². The summed E-state index contributed by atoms with van der Waals surface area (Å²) in [4.78, 5) is 37.7. The van der Waals surface area contributed by atoms with Crippen molar-refractivity contribution in [3.8, 4) is 0 Å². The van der Waals surface area contributed by atoms with E-state index < -0.39 is 0 Å². The van der Waals surface area contributed by atoms with Crippen molar-refractivity contribution in [2.45, 2.75) is 13.0 Å². The first-order valence-electron chi connectivity index (χ1n) is 8.87. The Bertz CT molecular complexity index is 817. The standard InChI is InChI=1S/C19H21N5O2/c25-14-22-7-9-23(10-8-22)19(26)17-11-18(21-13-20-17)24-6-5-15-3-1-2-4-16(15)12-24/h1-4,11,13-14H,5-10,12H2. The fraction of sp³-hybridized carbons (Fsp3) is 0.368. The van der Waals surface area contributed by atoms with Crippen LogP contribution in [0.15, 0.2) is 36.7 Å². The second-order valence-corrected chi connectivity index (χ2v) is 6.64. The number of hydrogen-bond acceptors (Lipinski definition) is 5. The maximum atomic E-state index is 12.7. The van der Waals surface area contributed by atoms with Gasteiger partial charge >= 0.3 is 0 Å². The van der Waals surface area contributed by atoms with Gasteiger partial charge in [-0.25, -0.2) is 9.97 Å². The van der Waals surface area contributed by atoms with Crippen LogP contribution in [-0.2, 0) is 17.8 Å². The van der Waals surface area contributed by atoms with Gasteiger partial charge in [0.25, 0.3) is 5.91 Å². The van der Waals surface area contributed by atoms with Gasteiger partial charge in [0.2, 0.25) is 6.41 Å². The SMILES string of the molecule is O=CN1CCN(C(=O)c2cc(N3CCc4ccccc4C3)ncn2)CC1. The molecule has 7 heteroatoms. The van der Waals surface area contributed by atoms with Gasteiger partial charge in [0.05, 0.1) is 0 Å². The zero-order valence-electron chi connectivity index (χ0n) is 14.5. The Labute approximate surface area is 152 Å². The third kappa shape index (κ3) is 3.24. The summed E-state index contributed by atoms with van der Waals surface area (Å²) in [6.45, 7) is 3.87. The number of carbonyl (C=O) groups is 2. The van der Waals surface area contributed by atoms with Gasteiger partial charge in [-0.05, 0) is 17.5 Å². The van der Waals surface area contributed by atoms with E-state index in [2.05, 4.69) is 39.1 Å². The number of rotatable bonds is 3. The highest BCUT2D eigenvalue weighted by Gasteiger charge is 2.24. The minimum Gasteiger partial charge on any atom is -0.352 e. The molecule has 1 aromatic heterocycles. The Morgan fingerprint density at radius 3 is 2.54 bits per heavy atom. The predicted octanol–water partition coefficient (Wildman–Crippen LogP) is 0.953. The first-order valence-corrected chi connectivity index (χ1v) is 8.87. The minimum absolute atomic E-state index is 0.100. The topological polar surface area (TPSA) is 69.6 Å². The van der Waals surface area contributed by atoms with Gasteiger partial charge in [-0.2, -0.15) is 0 Å². The summed E-state index contributed by atoms with van der Waals surface area (Å²) < 4.78 is 0. The molecule has 2 aliphatic rings. The third-order valence-corrected chi connectivity index (χ3v) is 5.08. The van der Waals surface area contributed by atoms with E-state index in [1.807, 2.05) is 0 Å². The fourth-order valence-electron chi connectivity index (χ4n) is 3.52. The van der Waals surface area contributed by atoms with E-state index in [9.17, 15) is 9.59 Å². The lowest BCUT2D eigenvalue weighted by Gasteiger charge is -2.32. The Morgan fingerprint density at radius 2 is 1.77 bits per heavy atom. The number of aromatic nitrogens is 2. The van der Waals surface area contributed by atoms with Crippen LogP contribution in [0.4, 0.5) is 5.82 Å². The van der Waals surface area contributed by atoms with Crippen molar-refractivity contribution < 1.29 is 9.59 Å². The van der Waals surface area contributed by atoms with Crippen LogP contribution in [0.5, 0.6) is 0 Å². The Morgan fingerprint density at radius 1 is 1.00 bits per heavy atom. The average molecular weight is 351 g/mol. The number of anilines is 1. The van der Waals surface area contributed by atoms with Crippen LogP contribution in [0.3, 0.4) is 0 Å². The van der Waals surface area contributed by atoms with Crippen LogP contribution in [-0.4, -0.2) is 64.8 Å². The van der Waals surface area contributed by atoms with E-state index in [1.54, 1.807) is 15.9 Å². The molecule has 1 aromatic carbocycles. The van der Waals surface area contributed by atoms with Gasteiger partial charge in [0.15, 0.2) is 0 Å². The number of benzene rings is 1. The van der Waals surface area contributed by atoms with Crippen LogP contribution in [0.2, 0.25) is 0 Å². The van der Waals surface area contributed by atoms with E-state index in [4.69, 9.17) is 0 Å². The highest BCUT2D eigenvalue weighted by molar-refractivity contribution is 5.93. The van der Waals surface area contributed by atoms with Crippen LogP contribution in [0, 0.1) is 0 Å². The van der Waals surface area contributed by atoms with Gasteiger partial charge < -0.3 is 14.7 Å².